The molecule has 0 atom stereocenters. The summed E-state index contributed by atoms with van der Waals surface area (Å²) in [6.45, 7) is 4.30. The molecule has 15 heavy (non-hydrogen) atoms. The van der Waals surface area contributed by atoms with E-state index in [1.807, 2.05) is 13.8 Å². The minimum absolute atomic E-state index is 0.0596. The average molecular weight is 272 g/mol. The first-order chi connectivity index (χ1) is 7.09. The summed E-state index contributed by atoms with van der Waals surface area (Å²) in [6.07, 6.45) is 3.28. The van der Waals surface area contributed by atoms with E-state index in [9.17, 15) is 4.79 Å². The van der Waals surface area contributed by atoms with Gasteiger partial charge in [-0.25, -0.2) is 0 Å². The van der Waals surface area contributed by atoms with Gasteiger partial charge in [0.15, 0.2) is 0 Å². The number of nitrogens with one attached hydrogen (secondary N) is 2. The van der Waals surface area contributed by atoms with Gasteiger partial charge in [0.05, 0.1) is 16.7 Å². The van der Waals surface area contributed by atoms with Crippen LogP contribution in [0.25, 0.3) is 0 Å². The fourth-order valence-electron chi connectivity index (χ4n) is 0.968. The van der Waals surface area contributed by atoms with E-state index in [2.05, 4.69) is 31.5 Å². The van der Waals surface area contributed by atoms with Crippen LogP contribution in [0.2, 0.25) is 0 Å². The number of halogens is 1. The van der Waals surface area contributed by atoms with Gasteiger partial charge >= 0.3 is 0 Å². The molecule has 0 bridgehead atoms. The van der Waals surface area contributed by atoms with Crippen molar-refractivity contribution >= 4 is 27.5 Å². The zero-order valence-corrected chi connectivity index (χ0v) is 10.3. The Morgan fingerprint density at radius 3 is 2.93 bits per heavy atom. The van der Waals surface area contributed by atoms with Gasteiger partial charge in [-0.05, 0) is 22.0 Å². The SMILES string of the molecule is CC(C)NCC(=O)Nc1ccncc1Br. The van der Waals surface area contributed by atoms with Crippen molar-refractivity contribution in [3.63, 3.8) is 0 Å². The molecule has 5 heteroatoms. The van der Waals surface area contributed by atoms with Gasteiger partial charge in [0.25, 0.3) is 0 Å². The lowest BCUT2D eigenvalue weighted by Crippen LogP contribution is -2.32. The largest absolute Gasteiger partial charge is 0.324 e. The second-order valence-corrected chi connectivity index (χ2v) is 4.29. The number of carbonyl (C=O) groups is 1. The van der Waals surface area contributed by atoms with Crippen molar-refractivity contribution in [1.82, 2.24) is 10.3 Å². The molecule has 1 aromatic heterocycles. The van der Waals surface area contributed by atoms with Crippen molar-refractivity contribution in [2.75, 3.05) is 11.9 Å². The van der Waals surface area contributed by atoms with Crippen LogP contribution in [0.1, 0.15) is 13.8 Å². The third-order valence-electron chi connectivity index (χ3n) is 1.72. The highest BCUT2D eigenvalue weighted by molar-refractivity contribution is 9.10. The van der Waals surface area contributed by atoms with E-state index in [-0.39, 0.29) is 5.91 Å². The van der Waals surface area contributed by atoms with Crippen molar-refractivity contribution < 1.29 is 4.79 Å². The summed E-state index contributed by atoms with van der Waals surface area (Å²) in [6, 6.07) is 2.05. The topological polar surface area (TPSA) is 54.0 Å². The molecule has 1 heterocycles. The molecular formula is C10H14BrN3O. The summed E-state index contributed by atoms with van der Waals surface area (Å²) in [7, 11) is 0. The Hall–Kier alpha value is -0.940. The van der Waals surface area contributed by atoms with Crippen LogP contribution in [0, 0.1) is 0 Å². The maximum absolute atomic E-state index is 11.5. The van der Waals surface area contributed by atoms with Gasteiger partial charge in [-0.2, -0.15) is 0 Å². The highest BCUT2D eigenvalue weighted by Gasteiger charge is 2.05. The number of pyridine rings is 1. The van der Waals surface area contributed by atoms with Gasteiger partial charge in [-0.15, -0.1) is 0 Å². The van der Waals surface area contributed by atoms with Crippen LogP contribution >= 0.6 is 15.9 Å². The van der Waals surface area contributed by atoms with E-state index < -0.39 is 0 Å². The van der Waals surface area contributed by atoms with E-state index in [0.717, 1.165) is 10.2 Å². The summed E-state index contributed by atoms with van der Waals surface area (Å²) < 4.78 is 0.780. The highest BCUT2D eigenvalue weighted by atomic mass is 79.9. The van der Waals surface area contributed by atoms with Gasteiger partial charge in [0.2, 0.25) is 5.91 Å². The third-order valence-corrected chi connectivity index (χ3v) is 2.35. The average Bonchev–Trinajstić information content (AvgIpc) is 2.18. The van der Waals surface area contributed by atoms with Crippen molar-refractivity contribution in [2.24, 2.45) is 0 Å². The summed E-state index contributed by atoms with van der Waals surface area (Å²) >= 11 is 3.31. The summed E-state index contributed by atoms with van der Waals surface area (Å²) in [5, 5.41) is 5.82. The Morgan fingerprint density at radius 1 is 1.60 bits per heavy atom. The van der Waals surface area contributed by atoms with Crippen molar-refractivity contribution in [3.05, 3.63) is 22.9 Å². The molecule has 1 amide bonds. The molecule has 0 fully saturated rings. The Morgan fingerprint density at radius 2 is 2.33 bits per heavy atom. The minimum Gasteiger partial charge on any atom is -0.324 e. The second kappa shape index (κ2) is 5.82. The number of carbonyl (C=O) groups excluding carboxylic acids is 1. The number of hydrogen-bond acceptors (Lipinski definition) is 3. The first kappa shape index (κ1) is 12.1. The van der Waals surface area contributed by atoms with Crippen molar-refractivity contribution in [3.8, 4) is 0 Å². The normalized spacial score (nSPS) is 10.4. The van der Waals surface area contributed by atoms with Crippen LogP contribution in [0.3, 0.4) is 0 Å². The van der Waals surface area contributed by atoms with Crippen molar-refractivity contribution in [1.29, 1.82) is 0 Å². The molecule has 0 saturated carbocycles. The Kier molecular flexibility index (Phi) is 4.71. The zero-order chi connectivity index (χ0) is 11.3. The number of anilines is 1. The quantitative estimate of drug-likeness (QED) is 0.878. The number of hydrogen-bond donors (Lipinski definition) is 2. The molecule has 0 aromatic carbocycles. The van der Waals surface area contributed by atoms with Gasteiger partial charge < -0.3 is 10.6 Å². The summed E-state index contributed by atoms with van der Waals surface area (Å²) in [4.78, 5) is 15.4. The standard InChI is InChI=1S/C10H14BrN3O/c1-7(2)13-6-10(15)14-9-3-4-12-5-8(9)11/h3-5,7,13H,6H2,1-2H3,(H,12,14,15). The van der Waals surface area contributed by atoms with Crippen LogP contribution in [-0.2, 0) is 4.79 Å². The predicted molar refractivity (Wildman–Crippen MR) is 63.7 cm³/mol. The molecule has 0 radical (unpaired) electrons. The molecule has 0 aliphatic rings. The molecule has 82 valence electrons. The molecule has 1 rings (SSSR count). The van der Waals surface area contributed by atoms with Crippen LogP contribution in [0.5, 0.6) is 0 Å². The van der Waals surface area contributed by atoms with Crippen LogP contribution in [-0.4, -0.2) is 23.5 Å². The number of aromatic nitrogens is 1. The first-order valence-corrected chi connectivity index (χ1v) is 5.51. The second-order valence-electron chi connectivity index (χ2n) is 3.44. The molecule has 0 spiro atoms. The lowest BCUT2D eigenvalue weighted by Gasteiger charge is -2.09. The van der Waals surface area contributed by atoms with E-state index >= 15 is 0 Å². The molecule has 2 N–H and O–H groups in total. The highest BCUT2D eigenvalue weighted by Crippen LogP contribution is 2.19. The Balaban J connectivity index is 2.48. The van der Waals surface area contributed by atoms with Gasteiger partial charge in [0.1, 0.15) is 0 Å². The Labute approximate surface area is 97.6 Å². The first-order valence-electron chi connectivity index (χ1n) is 4.72. The maximum Gasteiger partial charge on any atom is 0.238 e. The molecule has 0 saturated heterocycles. The molecule has 0 unspecified atom stereocenters. The van der Waals surface area contributed by atoms with Crippen molar-refractivity contribution in [2.45, 2.75) is 19.9 Å². The number of rotatable bonds is 4. The molecule has 1 aromatic rings. The van der Waals surface area contributed by atoms with Crippen LogP contribution in [0.15, 0.2) is 22.9 Å². The van der Waals surface area contributed by atoms with Crippen LogP contribution in [0.4, 0.5) is 5.69 Å². The van der Waals surface area contributed by atoms with E-state index in [1.165, 1.54) is 0 Å². The molecular weight excluding hydrogens is 258 g/mol. The zero-order valence-electron chi connectivity index (χ0n) is 8.75. The van der Waals surface area contributed by atoms with Gasteiger partial charge in [0, 0.05) is 18.4 Å². The van der Waals surface area contributed by atoms with Gasteiger partial charge in [-0.3, -0.25) is 9.78 Å². The summed E-state index contributed by atoms with van der Waals surface area (Å²) in [5.41, 5.74) is 0.737. The van der Waals surface area contributed by atoms with E-state index in [1.54, 1.807) is 18.5 Å². The third kappa shape index (κ3) is 4.40. The fourth-order valence-corrected chi connectivity index (χ4v) is 1.32. The number of nitrogens with zero attached hydrogens (tertiary/aromatic N) is 1. The number of amides is 1. The Bertz CT molecular complexity index is 341. The summed E-state index contributed by atoms with van der Waals surface area (Å²) in [5.74, 6) is -0.0596. The fraction of sp³-hybridized carbons (Fsp3) is 0.400. The van der Waals surface area contributed by atoms with E-state index in [0.29, 0.717) is 12.6 Å². The monoisotopic (exact) mass is 271 g/mol. The predicted octanol–water partition coefficient (Wildman–Crippen LogP) is 1.78. The minimum atomic E-state index is -0.0596. The maximum atomic E-state index is 11.5. The lowest BCUT2D eigenvalue weighted by atomic mass is 10.3. The molecule has 0 aliphatic carbocycles. The molecule has 0 aliphatic heterocycles. The van der Waals surface area contributed by atoms with Crippen LogP contribution < -0.4 is 10.6 Å². The van der Waals surface area contributed by atoms with E-state index in [4.69, 9.17) is 0 Å². The lowest BCUT2D eigenvalue weighted by molar-refractivity contribution is -0.115. The molecule has 4 nitrogen and oxygen atoms in total. The van der Waals surface area contributed by atoms with Gasteiger partial charge in [-0.1, -0.05) is 13.8 Å². The smallest absolute Gasteiger partial charge is 0.238 e.